The molecule has 0 saturated carbocycles. The number of fused-ring (bicyclic) bond motifs is 1. The van der Waals surface area contributed by atoms with Gasteiger partial charge in [-0.05, 0) is 49.9 Å². The number of nitrogens with zero attached hydrogens (tertiary/aromatic N) is 2. The molecule has 1 aromatic carbocycles. The van der Waals surface area contributed by atoms with Crippen molar-refractivity contribution in [3.8, 4) is 0 Å². The second kappa shape index (κ2) is 6.94. The molecule has 2 rings (SSSR count). The van der Waals surface area contributed by atoms with Gasteiger partial charge in [-0.15, -0.1) is 0 Å². The highest BCUT2D eigenvalue weighted by molar-refractivity contribution is 5.85. The average Bonchev–Trinajstić information content (AvgIpc) is 2.67. The second-order valence-corrected chi connectivity index (χ2v) is 6.62. The number of nitrogens with two attached hydrogens (primary N) is 1. The van der Waals surface area contributed by atoms with Crippen LogP contribution in [0.25, 0.3) is 0 Å². The Bertz CT molecular complexity index is 497. The van der Waals surface area contributed by atoms with Crippen LogP contribution in [0.15, 0.2) is 29.4 Å². The van der Waals surface area contributed by atoms with Gasteiger partial charge < -0.3 is 10.9 Å². The van der Waals surface area contributed by atoms with Crippen LogP contribution in [0.3, 0.4) is 0 Å². The molecule has 4 nitrogen and oxygen atoms in total. The van der Waals surface area contributed by atoms with Crippen LogP contribution in [0, 0.1) is 5.41 Å². The summed E-state index contributed by atoms with van der Waals surface area (Å²) in [6.45, 7) is 7.31. The molecule has 0 spiro atoms. The molecule has 0 radical (unpaired) electrons. The van der Waals surface area contributed by atoms with E-state index < -0.39 is 0 Å². The first-order chi connectivity index (χ1) is 10.0. The van der Waals surface area contributed by atoms with Crippen molar-refractivity contribution in [1.82, 2.24) is 4.90 Å². The lowest BCUT2D eigenvalue weighted by molar-refractivity contribution is 0.250. The van der Waals surface area contributed by atoms with Gasteiger partial charge in [0.25, 0.3) is 0 Å². The summed E-state index contributed by atoms with van der Waals surface area (Å²) in [4.78, 5) is 2.52. The van der Waals surface area contributed by atoms with Gasteiger partial charge in [-0.2, -0.15) is 0 Å². The number of amidine groups is 1. The highest BCUT2D eigenvalue weighted by Gasteiger charge is 2.23. The van der Waals surface area contributed by atoms with Gasteiger partial charge in [0.1, 0.15) is 5.84 Å². The number of rotatable bonds is 5. The maximum absolute atomic E-state index is 8.82. The van der Waals surface area contributed by atoms with E-state index in [4.69, 9.17) is 10.9 Å². The van der Waals surface area contributed by atoms with Gasteiger partial charge >= 0.3 is 0 Å². The van der Waals surface area contributed by atoms with Crippen molar-refractivity contribution in [1.29, 1.82) is 0 Å². The first-order valence-corrected chi connectivity index (χ1v) is 7.80. The summed E-state index contributed by atoms with van der Waals surface area (Å²) in [5.41, 5.74) is 8.47. The van der Waals surface area contributed by atoms with Crippen molar-refractivity contribution in [2.45, 2.75) is 46.1 Å². The van der Waals surface area contributed by atoms with E-state index in [1.54, 1.807) is 0 Å². The molecule has 0 amide bonds. The molecule has 1 aromatic rings. The Kier molecular flexibility index (Phi) is 5.23. The van der Waals surface area contributed by atoms with Crippen LogP contribution in [-0.2, 0) is 13.0 Å². The molecule has 1 heterocycles. The summed E-state index contributed by atoms with van der Waals surface area (Å²) >= 11 is 0. The molecule has 4 heteroatoms. The molecule has 1 aliphatic heterocycles. The molecule has 0 aromatic heterocycles. The van der Waals surface area contributed by atoms with Crippen molar-refractivity contribution in [3.05, 3.63) is 35.4 Å². The largest absolute Gasteiger partial charge is 0.409 e. The topological polar surface area (TPSA) is 61.8 Å². The van der Waals surface area contributed by atoms with Crippen LogP contribution in [0.2, 0.25) is 0 Å². The molecule has 0 atom stereocenters. The minimum atomic E-state index is -0.238. The lowest BCUT2D eigenvalue weighted by atomic mass is 9.86. The third-order valence-corrected chi connectivity index (χ3v) is 4.51. The molecule has 116 valence electrons. The van der Waals surface area contributed by atoms with E-state index in [1.165, 1.54) is 24.0 Å². The van der Waals surface area contributed by atoms with Crippen molar-refractivity contribution >= 4 is 5.84 Å². The Morgan fingerprint density at radius 2 is 2.05 bits per heavy atom. The monoisotopic (exact) mass is 289 g/mol. The number of oxime groups is 1. The molecule has 0 fully saturated rings. The van der Waals surface area contributed by atoms with Gasteiger partial charge in [0.05, 0.1) is 0 Å². The maximum atomic E-state index is 8.82. The molecular formula is C17H27N3O. The minimum Gasteiger partial charge on any atom is -0.409 e. The van der Waals surface area contributed by atoms with Gasteiger partial charge in [-0.25, -0.2) is 0 Å². The zero-order chi connectivity index (χ0) is 15.3. The van der Waals surface area contributed by atoms with Gasteiger partial charge in [-0.1, -0.05) is 43.3 Å². The standard InChI is InChI=1S/C17H27N3O/c1-17(2,16(18)19-21)10-6-12-20-11-5-9-14-7-3-4-8-15(14)13-20/h3-4,7-8,21H,5-6,9-13H2,1-2H3,(H2,18,19). The predicted molar refractivity (Wildman–Crippen MR) is 86.5 cm³/mol. The Labute approximate surface area is 127 Å². The van der Waals surface area contributed by atoms with Gasteiger partial charge in [0, 0.05) is 12.0 Å². The number of hydrogen-bond acceptors (Lipinski definition) is 3. The fraction of sp³-hybridized carbons (Fsp3) is 0.588. The first kappa shape index (κ1) is 15.8. The van der Waals surface area contributed by atoms with Gasteiger partial charge in [0.2, 0.25) is 0 Å². The summed E-state index contributed by atoms with van der Waals surface area (Å²) in [6, 6.07) is 8.76. The molecular weight excluding hydrogens is 262 g/mol. The quantitative estimate of drug-likeness (QED) is 0.379. The average molecular weight is 289 g/mol. The predicted octanol–water partition coefficient (Wildman–Crippen LogP) is 2.99. The minimum absolute atomic E-state index is 0.238. The highest BCUT2D eigenvalue weighted by Crippen LogP contribution is 2.24. The Balaban J connectivity index is 1.87. The van der Waals surface area contributed by atoms with Gasteiger partial charge in [0.15, 0.2) is 0 Å². The summed E-state index contributed by atoms with van der Waals surface area (Å²) in [7, 11) is 0. The van der Waals surface area contributed by atoms with Crippen molar-refractivity contribution in [2.24, 2.45) is 16.3 Å². The van der Waals surface area contributed by atoms with Crippen LogP contribution < -0.4 is 5.73 Å². The molecule has 0 bridgehead atoms. The van der Waals surface area contributed by atoms with Crippen molar-refractivity contribution in [2.75, 3.05) is 13.1 Å². The van der Waals surface area contributed by atoms with Crippen LogP contribution in [0.1, 0.15) is 44.2 Å². The SMILES string of the molecule is CC(C)(CCCN1CCCc2ccccc2C1)C(N)=NO. The first-order valence-electron chi connectivity index (χ1n) is 7.80. The molecule has 21 heavy (non-hydrogen) atoms. The number of aryl methyl sites for hydroxylation is 1. The Hall–Kier alpha value is -1.55. The fourth-order valence-corrected chi connectivity index (χ4v) is 2.97. The van der Waals surface area contributed by atoms with E-state index in [9.17, 15) is 0 Å². The van der Waals surface area contributed by atoms with Crippen LogP contribution in [0.4, 0.5) is 0 Å². The molecule has 3 N–H and O–H groups in total. The summed E-state index contributed by atoms with van der Waals surface area (Å²) in [5.74, 6) is 0.323. The highest BCUT2D eigenvalue weighted by atomic mass is 16.4. The second-order valence-electron chi connectivity index (χ2n) is 6.62. The van der Waals surface area contributed by atoms with Crippen LogP contribution in [0.5, 0.6) is 0 Å². The normalized spacial score (nSPS) is 17.3. The van der Waals surface area contributed by atoms with Crippen LogP contribution >= 0.6 is 0 Å². The summed E-state index contributed by atoms with van der Waals surface area (Å²) < 4.78 is 0. The number of benzene rings is 1. The lowest BCUT2D eigenvalue weighted by Crippen LogP contribution is -2.33. The fourth-order valence-electron chi connectivity index (χ4n) is 2.97. The summed E-state index contributed by atoms with van der Waals surface area (Å²) in [5, 5.41) is 12.0. The lowest BCUT2D eigenvalue weighted by Gasteiger charge is -2.25. The smallest absolute Gasteiger partial charge is 0.144 e. The van der Waals surface area contributed by atoms with E-state index >= 15 is 0 Å². The van der Waals surface area contributed by atoms with Crippen molar-refractivity contribution in [3.63, 3.8) is 0 Å². The Morgan fingerprint density at radius 3 is 2.76 bits per heavy atom. The maximum Gasteiger partial charge on any atom is 0.144 e. The van der Waals surface area contributed by atoms with E-state index in [0.717, 1.165) is 32.5 Å². The van der Waals surface area contributed by atoms with E-state index in [-0.39, 0.29) is 5.41 Å². The summed E-state index contributed by atoms with van der Waals surface area (Å²) in [6.07, 6.45) is 4.40. The zero-order valence-corrected chi connectivity index (χ0v) is 13.2. The van der Waals surface area contributed by atoms with E-state index in [0.29, 0.717) is 5.84 Å². The third-order valence-electron chi connectivity index (χ3n) is 4.51. The molecule has 0 aliphatic carbocycles. The van der Waals surface area contributed by atoms with E-state index in [1.807, 2.05) is 13.8 Å². The molecule has 1 aliphatic rings. The molecule has 0 unspecified atom stereocenters. The van der Waals surface area contributed by atoms with E-state index in [2.05, 4.69) is 34.3 Å². The zero-order valence-electron chi connectivity index (χ0n) is 13.2. The van der Waals surface area contributed by atoms with Crippen LogP contribution in [-0.4, -0.2) is 29.0 Å². The van der Waals surface area contributed by atoms with Gasteiger partial charge in [-0.3, -0.25) is 4.90 Å². The Morgan fingerprint density at radius 1 is 1.33 bits per heavy atom. The molecule has 0 saturated heterocycles. The van der Waals surface area contributed by atoms with Crippen molar-refractivity contribution < 1.29 is 5.21 Å². The third kappa shape index (κ3) is 4.21. The number of hydrogen-bond donors (Lipinski definition) is 2.